The average molecular weight is 679 g/mol. The molecular weight excluding hydrogens is 647 g/mol. The number of esters is 1. The molecule has 1 atom stereocenters. The van der Waals surface area contributed by atoms with E-state index in [9.17, 15) is 14.7 Å². The van der Waals surface area contributed by atoms with Crippen LogP contribution in [0.5, 0.6) is 23.0 Å². The van der Waals surface area contributed by atoms with Crippen molar-refractivity contribution in [1.29, 1.82) is 0 Å². The number of ether oxygens (including phenoxy) is 4. The van der Waals surface area contributed by atoms with Gasteiger partial charge in [-0.25, -0.2) is 9.79 Å². The molecule has 0 saturated heterocycles. The summed E-state index contributed by atoms with van der Waals surface area (Å²) in [5, 5.41) is 10.3. The van der Waals surface area contributed by atoms with Crippen molar-refractivity contribution in [2.24, 2.45) is 4.99 Å². The molecular formula is C29H31IN2O7S. The smallest absolute Gasteiger partial charge is 0.338 e. The summed E-state index contributed by atoms with van der Waals surface area (Å²) < 4.78 is 24.9. The Balaban J connectivity index is 1.94. The average Bonchev–Trinajstić information content (AvgIpc) is 3.20. The van der Waals surface area contributed by atoms with E-state index in [1.807, 2.05) is 49.4 Å². The Hall–Kier alpha value is -3.32. The molecule has 212 valence electrons. The van der Waals surface area contributed by atoms with Gasteiger partial charge < -0.3 is 24.1 Å². The normalized spacial score (nSPS) is 15.1. The summed E-state index contributed by atoms with van der Waals surface area (Å²) in [6.45, 7) is 9.70. The van der Waals surface area contributed by atoms with Gasteiger partial charge in [-0.3, -0.25) is 9.36 Å². The molecule has 1 aliphatic rings. The number of rotatable bonds is 9. The summed E-state index contributed by atoms with van der Waals surface area (Å²) in [5.41, 5.74) is 1.76. The van der Waals surface area contributed by atoms with Crippen molar-refractivity contribution in [3.8, 4) is 23.0 Å². The first-order valence-electron chi connectivity index (χ1n) is 12.8. The zero-order chi connectivity index (χ0) is 29.1. The van der Waals surface area contributed by atoms with Crippen LogP contribution in [0.25, 0.3) is 6.08 Å². The quantitative estimate of drug-likeness (QED) is 0.266. The molecule has 0 amide bonds. The number of aromatic hydroxyl groups is 1. The van der Waals surface area contributed by atoms with Gasteiger partial charge in [0.2, 0.25) is 0 Å². The van der Waals surface area contributed by atoms with Gasteiger partial charge in [-0.05, 0) is 98.7 Å². The number of methoxy groups -OCH3 is 1. The molecule has 0 unspecified atom stereocenters. The molecule has 9 nitrogen and oxygen atoms in total. The summed E-state index contributed by atoms with van der Waals surface area (Å²) in [6.07, 6.45) is 1.66. The fourth-order valence-corrected chi connectivity index (χ4v) is 6.08. The minimum atomic E-state index is -0.793. The topological polar surface area (TPSA) is 109 Å². The number of halogens is 1. The van der Waals surface area contributed by atoms with E-state index < -0.39 is 12.0 Å². The van der Waals surface area contributed by atoms with Gasteiger partial charge in [0, 0.05) is 0 Å². The number of hydrogen-bond acceptors (Lipinski definition) is 9. The number of hydrogen-bond donors (Lipinski definition) is 1. The van der Waals surface area contributed by atoms with Crippen LogP contribution in [0.15, 0.2) is 51.4 Å². The van der Waals surface area contributed by atoms with Crippen molar-refractivity contribution in [3.05, 3.63) is 76.0 Å². The summed E-state index contributed by atoms with van der Waals surface area (Å²) in [6, 6.07) is 8.02. The Morgan fingerprint density at radius 3 is 2.58 bits per heavy atom. The fraction of sp³-hybridized carbons (Fsp3) is 0.345. The number of fused-ring (bicyclic) bond motifs is 1. The van der Waals surface area contributed by atoms with E-state index in [0.29, 0.717) is 53.6 Å². The molecule has 0 radical (unpaired) electrons. The van der Waals surface area contributed by atoms with Gasteiger partial charge >= 0.3 is 5.97 Å². The summed E-state index contributed by atoms with van der Waals surface area (Å²) in [5.74, 6) is 0.878. The largest absolute Gasteiger partial charge is 0.504 e. The van der Waals surface area contributed by atoms with Gasteiger partial charge in [-0.1, -0.05) is 17.4 Å². The van der Waals surface area contributed by atoms with Crippen LogP contribution in [0.4, 0.5) is 0 Å². The van der Waals surface area contributed by atoms with Crippen molar-refractivity contribution in [2.75, 3.05) is 20.3 Å². The van der Waals surface area contributed by atoms with Gasteiger partial charge in [0.05, 0.1) is 51.8 Å². The standard InChI is InChI=1S/C29H31IN2O7S/c1-7-37-22-12-17(11-19(30)26(22)33)13-23-27(34)32-25(18-9-10-20(39-15(3)4)21(14-18)36-6)24(28(35)38-8-2)16(5)31-29(32)40-23/h9-15,25,33H,7-8H2,1-6H3/b23-13+/t25-/m0/s1. The van der Waals surface area contributed by atoms with Gasteiger partial charge in [0.15, 0.2) is 27.8 Å². The monoisotopic (exact) mass is 678 g/mol. The van der Waals surface area contributed by atoms with Gasteiger partial charge in [-0.2, -0.15) is 0 Å². The molecule has 40 heavy (non-hydrogen) atoms. The molecule has 1 N–H and O–H groups in total. The lowest BCUT2D eigenvalue weighted by Gasteiger charge is -2.25. The second kappa shape index (κ2) is 12.5. The van der Waals surface area contributed by atoms with Crippen molar-refractivity contribution >= 4 is 46.0 Å². The molecule has 0 bridgehead atoms. The molecule has 0 spiro atoms. The molecule has 2 aromatic carbocycles. The third kappa shape index (κ3) is 5.90. The lowest BCUT2D eigenvalue weighted by atomic mass is 9.95. The summed E-state index contributed by atoms with van der Waals surface area (Å²) in [4.78, 5) is 32.2. The van der Waals surface area contributed by atoms with E-state index in [4.69, 9.17) is 18.9 Å². The lowest BCUT2D eigenvalue weighted by molar-refractivity contribution is -0.139. The van der Waals surface area contributed by atoms with E-state index in [1.165, 1.54) is 15.9 Å². The number of aromatic nitrogens is 1. The molecule has 2 heterocycles. The number of benzene rings is 2. The first-order chi connectivity index (χ1) is 19.1. The van der Waals surface area contributed by atoms with Crippen LogP contribution in [0.3, 0.4) is 0 Å². The molecule has 0 fully saturated rings. The Morgan fingerprint density at radius 2 is 1.93 bits per heavy atom. The van der Waals surface area contributed by atoms with Crippen LogP contribution in [0, 0.1) is 3.57 Å². The first kappa shape index (κ1) is 29.7. The number of nitrogens with zero attached hydrogens (tertiary/aromatic N) is 2. The minimum absolute atomic E-state index is 0.0506. The third-order valence-corrected chi connectivity index (χ3v) is 7.84. The summed E-state index contributed by atoms with van der Waals surface area (Å²) >= 11 is 3.24. The van der Waals surface area contributed by atoms with E-state index in [2.05, 4.69) is 4.99 Å². The molecule has 1 aromatic heterocycles. The molecule has 0 aliphatic carbocycles. The predicted molar refractivity (Wildman–Crippen MR) is 161 cm³/mol. The van der Waals surface area contributed by atoms with Crippen LogP contribution in [0.2, 0.25) is 0 Å². The van der Waals surface area contributed by atoms with Crippen molar-refractivity contribution in [1.82, 2.24) is 4.57 Å². The number of carbonyl (C=O) groups is 1. The SMILES string of the molecule is CCOC(=O)C1=C(C)N=c2s/c(=C/c3cc(I)c(O)c(OCC)c3)c(=O)n2[C@H]1c1ccc(OC(C)C)c(OC)c1. The van der Waals surface area contributed by atoms with Crippen molar-refractivity contribution in [2.45, 2.75) is 46.8 Å². The number of allylic oxidation sites excluding steroid dienone is 1. The maximum atomic E-state index is 13.9. The van der Waals surface area contributed by atoms with Crippen LogP contribution >= 0.6 is 33.9 Å². The first-order valence-corrected chi connectivity index (χ1v) is 14.7. The molecule has 3 aromatic rings. The zero-order valence-electron chi connectivity index (χ0n) is 23.1. The van der Waals surface area contributed by atoms with Crippen LogP contribution in [0.1, 0.15) is 51.8 Å². The fourth-order valence-electron chi connectivity index (χ4n) is 4.41. The lowest BCUT2D eigenvalue weighted by Crippen LogP contribution is -2.40. The molecule has 0 saturated carbocycles. The van der Waals surface area contributed by atoms with Gasteiger partial charge in [0.25, 0.3) is 5.56 Å². The Bertz CT molecular complexity index is 1660. The predicted octanol–water partition coefficient (Wildman–Crippen LogP) is 4.30. The highest BCUT2D eigenvalue weighted by atomic mass is 127. The maximum absolute atomic E-state index is 13.9. The van der Waals surface area contributed by atoms with Gasteiger partial charge in [-0.15, -0.1) is 0 Å². The highest BCUT2D eigenvalue weighted by molar-refractivity contribution is 14.1. The Kier molecular flexibility index (Phi) is 9.24. The van der Waals surface area contributed by atoms with E-state index >= 15 is 0 Å². The number of phenolic OH excluding ortho intramolecular Hbond substituents is 1. The zero-order valence-corrected chi connectivity index (χ0v) is 26.1. The highest BCUT2D eigenvalue weighted by Gasteiger charge is 2.34. The Labute approximate surface area is 249 Å². The second-order valence-electron chi connectivity index (χ2n) is 9.16. The van der Waals surface area contributed by atoms with Crippen LogP contribution in [-0.2, 0) is 9.53 Å². The molecule has 4 rings (SSSR count). The van der Waals surface area contributed by atoms with E-state index in [0.717, 1.165) is 0 Å². The van der Waals surface area contributed by atoms with E-state index in [-0.39, 0.29) is 29.6 Å². The van der Waals surface area contributed by atoms with E-state index in [1.54, 1.807) is 51.3 Å². The van der Waals surface area contributed by atoms with Crippen LogP contribution < -0.4 is 29.1 Å². The highest BCUT2D eigenvalue weighted by Crippen LogP contribution is 2.37. The Morgan fingerprint density at radius 1 is 1.18 bits per heavy atom. The van der Waals surface area contributed by atoms with Crippen molar-refractivity contribution in [3.63, 3.8) is 0 Å². The number of carbonyl (C=O) groups excluding carboxylic acids is 1. The van der Waals surface area contributed by atoms with Crippen molar-refractivity contribution < 1.29 is 28.8 Å². The number of thiazole rings is 1. The van der Waals surface area contributed by atoms with Crippen LogP contribution in [-0.4, -0.2) is 42.1 Å². The number of phenols is 1. The van der Waals surface area contributed by atoms with Gasteiger partial charge in [0.1, 0.15) is 0 Å². The summed E-state index contributed by atoms with van der Waals surface area (Å²) in [7, 11) is 1.54. The maximum Gasteiger partial charge on any atom is 0.338 e. The molecule has 1 aliphatic heterocycles. The minimum Gasteiger partial charge on any atom is -0.504 e. The molecule has 11 heteroatoms. The third-order valence-electron chi connectivity index (χ3n) is 6.03. The second-order valence-corrected chi connectivity index (χ2v) is 11.3.